The lowest BCUT2D eigenvalue weighted by Gasteiger charge is -2.24. The zero-order valence-corrected chi connectivity index (χ0v) is 10.5. The number of hydrogen-bond donors (Lipinski definition) is 2. The normalized spacial score (nSPS) is 17.5. The van der Waals surface area contributed by atoms with Gasteiger partial charge in [-0.1, -0.05) is 18.9 Å². The van der Waals surface area contributed by atoms with Crippen molar-refractivity contribution in [1.82, 2.24) is 10.3 Å². The number of carbonyl (C=O) groups excluding carboxylic acids is 1. The molecule has 1 aliphatic carbocycles. The molecule has 0 bridgehead atoms. The monoisotopic (exact) mass is 260 g/mol. The van der Waals surface area contributed by atoms with Gasteiger partial charge in [0.25, 0.3) is 0 Å². The molecule has 0 aliphatic heterocycles. The van der Waals surface area contributed by atoms with Gasteiger partial charge < -0.3 is 10.4 Å². The first kappa shape index (κ1) is 13.3. The summed E-state index contributed by atoms with van der Waals surface area (Å²) < 4.78 is 0. The first-order valence-electron chi connectivity index (χ1n) is 6.26. The Morgan fingerprint density at radius 1 is 1.37 bits per heavy atom. The van der Waals surface area contributed by atoms with E-state index in [1.54, 1.807) is 24.5 Å². The number of amides is 1. The average molecular weight is 260 g/mol. The third-order valence-electron chi connectivity index (χ3n) is 3.34. The van der Waals surface area contributed by atoms with Crippen molar-refractivity contribution in [2.75, 3.05) is 0 Å². The Kier molecular flexibility index (Phi) is 3.94. The molecule has 5 heteroatoms. The van der Waals surface area contributed by atoms with Crippen LogP contribution >= 0.6 is 0 Å². The van der Waals surface area contributed by atoms with Crippen LogP contribution in [-0.4, -0.2) is 27.5 Å². The highest BCUT2D eigenvalue weighted by Crippen LogP contribution is 2.29. The number of aliphatic carboxylic acids is 1. The summed E-state index contributed by atoms with van der Waals surface area (Å²) in [5.41, 5.74) is -0.287. The van der Waals surface area contributed by atoms with Crippen LogP contribution in [0.4, 0.5) is 0 Å². The van der Waals surface area contributed by atoms with Gasteiger partial charge in [0.2, 0.25) is 5.91 Å². The fraction of sp³-hybridized carbons (Fsp3) is 0.357. The van der Waals surface area contributed by atoms with Gasteiger partial charge in [0.15, 0.2) is 0 Å². The van der Waals surface area contributed by atoms with Crippen LogP contribution in [-0.2, 0) is 9.59 Å². The Hall–Kier alpha value is -2.17. The molecule has 1 aromatic heterocycles. The first-order chi connectivity index (χ1) is 9.12. The maximum atomic E-state index is 11.8. The standard InChI is InChI=1S/C14H16N2O3/c17-12(6-5-11-4-3-9-15-10-11)16-14(13(18)19)7-1-2-8-14/h3-6,9-10H,1-2,7-8H2,(H,16,17)(H,18,19)/b6-5+. The molecular formula is C14H16N2O3. The van der Waals surface area contributed by atoms with E-state index in [-0.39, 0.29) is 5.91 Å². The van der Waals surface area contributed by atoms with E-state index in [1.165, 1.54) is 6.08 Å². The summed E-state index contributed by atoms with van der Waals surface area (Å²) in [7, 11) is 0. The van der Waals surface area contributed by atoms with Crippen molar-refractivity contribution >= 4 is 18.0 Å². The van der Waals surface area contributed by atoms with Crippen molar-refractivity contribution in [3.63, 3.8) is 0 Å². The summed E-state index contributed by atoms with van der Waals surface area (Å²) in [4.78, 5) is 27.0. The number of nitrogens with one attached hydrogen (secondary N) is 1. The Balaban J connectivity index is 2.01. The lowest BCUT2D eigenvalue weighted by atomic mass is 9.98. The van der Waals surface area contributed by atoms with Crippen LogP contribution in [0.15, 0.2) is 30.6 Å². The Bertz CT molecular complexity index is 491. The molecule has 1 saturated carbocycles. The highest BCUT2D eigenvalue weighted by Gasteiger charge is 2.42. The van der Waals surface area contributed by atoms with E-state index < -0.39 is 11.5 Å². The number of pyridine rings is 1. The van der Waals surface area contributed by atoms with Gasteiger partial charge in [-0.05, 0) is 30.5 Å². The summed E-state index contributed by atoms with van der Waals surface area (Å²) in [6, 6.07) is 3.59. The van der Waals surface area contributed by atoms with Gasteiger partial charge in [-0.25, -0.2) is 4.79 Å². The number of rotatable bonds is 4. The molecule has 2 N–H and O–H groups in total. The van der Waals surface area contributed by atoms with Crippen molar-refractivity contribution < 1.29 is 14.7 Å². The van der Waals surface area contributed by atoms with Gasteiger partial charge in [-0.2, -0.15) is 0 Å². The number of aromatic nitrogens is 1. The maximum absolute atomic E-state index is 11.8. The second-order valence-electron chi connectivity index (χ2n) is 4.70. The van der Waals surface area contributed by atoms with Crippen molar-refractivity contribution in [2.45, 2.75) is 31.2 Å². The molecule has 0 saturated heterocycles. The van der Waals surface area contributed by atoms with Gasteiger partial charge in [0.1, 0.15) is 5.54 Å². The van der Waals surface area contributed by atoms with Gasteiger partial charge in [-0.15, -0.1) is 0 Å². The number of carboxylic acid groups (broad SMARTS) is 1. The zero-order chi connectivity index (χ0) is 13.7. The summed E-state index contributed by atoms with van der Waals surface area (Å²) >= 11 is 0. The van der Waals surface area contributed by atoms with E-state index >= 15 is 0 Å². The van der Waals surface area contributed by atoms with E-state index in [2.05, 4.69) is 10.3 Å². The van der Waals surface area contributed by atoms with Crippen molar-refractivity contribution in [1.29, 1.82) is 0 Å². The van der Waals surface area contributed by atoms with Crippen LogP contribution in [0, 0.1) is 0 Å². The summed E-state index contributed by atoms with van der Waals surface area (Å²) in [6.07, 6.45) is 8.90. The third-order valence-corrected chi connectivity index (χ3v) is 3.34. The van der Waals surface area contributed by atoms with Crippen LogP contribution in [0.3, 0.4) is 0 Å². The van der Waals surface area contributed by atoms with Crippen molar-refractivity contribution in [3.05, 3.63) is 36.2 Å². The molecule has 0 aromatic carbocycles. The van der Waals surface area contributed by atoms with Gasteiger partial charge in [-0.3, -0.25) is 9.78 Å². The Morgan fingerprint density at radius 3 is 2.68 bits per heavy atom. The summed E-state index contributed by atoms with van der Waals surface area (Å²) in [6.45, 7) is 0. The van der Waals surface area contributed by atoms with Gasteiger partial charge in [0.05, 0.1) is 0 Å². The van der Waals surface area contributed by atoms with Gasteiger partial charge >= 0.3 is 5.97 Å². The number of carboxylic acids is 1. The molecular weight excluding hydrogens is 244 g/mol. The molecule has 19 heavy (non-hydrogen) atoms. The highest BCUT2D eigenvalue weighted by atomic mass is 16.4. The SMILES string of the molecule is O=C(/C=C/c1cccnc1)NC1(C(=O)O)CCCC1. The predicted molar refractivity (Wildman–Crippen MR) is 70.2 cm³/mol. The molecule has 2 rings (SSSR count). The second kappa shape index (κ2) is 5.65. The van der Waals surface area contributed by atoms with Crippen molar-refractivity contribution in [2.24, 2.45) is 0 Å². The molecule has 0 unspecified atom stereocenters. The van der Waals surface area contributed by atoms with E-state index in [0.717, 1.165) is 18.4 Å². The van der Waals surface area contributed by atoms with E-state index in [0.29, 0.717) is 12.8 Å². The molecule has 1 amide bonds. The molecule has 0 radical (unpaired) electrons. The number of carbonyl (C=O) groups is 2. The van der Waals surface area contributed by atoms with Crippen LogP contribution in [0.1, 0.15) is 31.2 Å². The quantitative estimate of drug-likeness (QED) is 0.806. The average Bonchev–Trinajstić information content (AvgIpc) is 2.87. The molecule has 5 nitrogen and oxygen atoms in total. The molecule has 1 heterocycles. The molecule has 1 fully saturated rings. The van der Waals surface area contributed by atoms with Crippen molar-refractivity contribution in [3.8, 4) is 0 Å². The van der Waals surface area contributed by atoms with Crippen LogP contribution in [0.25, 0.3) is 6.08 Å². The van der Waals surface area contributed by atoms with E-state index in [4.69, 9.17) is 0 Å². The van der Waals surface area contributed by atoms with E-state index in [1.807, 2.05) is 6.07 Å². The maximum Gasteiger partial charge on any atom is 0.329 e. The summed E-state index contributed by atoms with van der Waals surface area (Å²) in [5, 5.41) is 11.9. The minimum atomic E-state index is -1.09. The largest absolute Gasteiger partial charge is 0.480 e. The lowest BCUT2D eigenvalue weighted by Crippen LogP contribution is -2.52. The minimum absolute atomic E-state index is 0.381. The number of hydrogen-bond acceptors (Lipinski definition) is 3. The Morgan fingerprint density at radius 2 is 2.11 bits per heavy atom. The second-order valence-corrected chi connectivity index (χ2v) is 4.70. The highest BCUT2D eigenvalue weighted by molar-refractivity contribution is 5.95. The van der Waals surface area contributed by atoms with Crippen LogP contribution < -0.4 is 5.32 Å². The molecule has 0 spiro atoms. The minimum Gasteiger partial charge on any atom is -0.480 e. The molecule has 1 aliphatic rings. The zero-order valence-electron chi connectivity index (χ0n) is 10.5. The topological polar surface area (TPSA) is 79.3 Å². The number of nitrogens with zero attached hydrogens (tertiary/aromatic N) is 1. The molecule has 100 valence electrons. The fourth-order valence-electron chi connectivity index (χ4n) is 2.29. The third kappa shape index (κ3) is 3.19. The first-order valence-corrected chi connectivity index (χ1v) is 6.26. The van der Waals surface area contributed by atoms with E-state index in [9.17, 15) is 14.7 Å². The van der Waals surface area contributed by atoms with Gasteiger partial charge in [0, 0.05) is 18.5 Å². The van der Waals surface area contributed by atoms with Crippen LogP contribution in [0.2, 0.25) is 0 Å². The van der Waals surface area contributed by atoms with Crippen LogP contribution in [0.5, 0.6) is 0 Å². The predicted octanol–water partition coefficient (Wildman–Crippen LogP) is 1.61. The lowest BCUT2D eigenvalue weighted by molar-refractivity contribution is -0.146. The molecule has 0 atom stereocenters. The summed E-state index contributed by atoms with van der Waals surface area (Å²) in [5.74, 6) is -1.33. The fourth-order valence-corrected chi connectivity index (χ4v) is 2.29. The Labute approximate surface area is 111 Å². The molecule has 1 aromatic rings. The smallest absolute Gasteiger partial charge is 0.329 e.